The first-order chi connectivity index (χ1) is 8.90. The summed E-state index contributed by atoms with van der Waals surface area (Å²) in [5.74, 6) is -0.315. The number of pyridine rings is 1. The second-order valence-electron chi connectivity index (χ2n) is 5.71. The van der Waals surface area contributed by atoms with E-state index in [1.54, 1.807) is 6.20 Å². The molecule has 0 radical (unpaired) electrons. The molecule has 1 N–H and O–H groups in total. The Morgan fingerprint density at radius 1 is 1.32 bits per heavy atom. The topological polar surface area (TPSA) is 34.2 Å². The lowest BCUT2D eigenvalue weighted by Crippen LogP contribution is -2.42. The van der Waals surface area contributed by atoms with Gasteiger partial charge in [-0.1, -0.05) is 27.7 Å². The van der Waals surface area contributed by atoms with Gasteiger partial charge in [-0.3, -0.25) is 4.98 Å². The molecule has 0 aliphatic rings. The minimum atomic E-state index is -0.315. The molecule has 2 unspecified atom stereocenters. The standard InChI is InChI=1S/C15H25FN2O/c1-6-18-13(11-8-12(16)10-17-9-11)14(19-7-2)15(3,4)5/h8-10,13-14,18H,6-7H2,1-5H3. The number of halogens is 1. The van der Waals surface area contributed by atoms with Crippen LogP contribution in [0.3, 0.4) is 0 Å². The van der Waals surface area contributed by atoms with Crippen molar-refractivity contribution in [3.05, 3.63) is 29.8 Å². The molecule has 108 valence electrons. The lowest BCUT2D eigenvalue weighted by Gasteiger charge is -2.37. The number of aromatic nitrogens is 1. The highest BCUT2D eigenvalue weighted by Gasteiger charge is 2.33. The Labute approximate surface area is 115 Å². The third-order valence-electron chi connectivity index (χ3n) is 3.01. The van der Waals surface area contributed by atoms with Crippen molar-refractivity contribution in [1.29, 1.82) is 0 Å². The van der Waals surface area contributed by atoms with Crippen molar-refractivity contribution in [2.75, 3.05) is 13.2 Å². The molecule has 19 heavy (non-hydrogen) atoms. The smallest absolute Gasteiger partial charge is 0.141 e. The van der Waals surface area contributed by atoms with E-state index in [4.69, 9.17) is 4.74 Å². The molecule has 4 heteroatoms. The second kappa shape index (κ2) is 6.96. The maximum absolute atomic E-state index is 13.4. The normalized spacial score (nSPS) is 15.3. The van der Waals surface area contributed by atoms with Gasteiger partial charge in [0.2, 0.25) is 0 Å². The zero-order valence-corrected chi connectivity index (χ0v) is 12.5. The van der Waals surface area contributed by atoms with Crippen LogP contribution in [-0.2, 0) is 4.74 Å². The lowest BCUT2D eigenvalue weighted by molar-refractivity contribution is -0.0364. The summed E-state index contributed by atoms with van der Waals surface area (Å²) in [6.07, 6.45) is 2.88. The molecular weight excluding hydrogens is 243 g/mol. The number of rotatable bonds is 6. The summed E-state index contributed by atoms with van der Waals surface area (Å²) in [6.45, 7) is 11.8. The van der Waals surface area contributed by atoms with Crippen LogP contribution in [0, 0.1) is 11.2 Å². The van der Waals surface area contributed by atoms with Gasteiger partial charge in [-0.15, -0.1) is 0 Å². The first-order valence-electron chi connectivity index (χ1n) is 6.85. The zero-order valence-electron chi connectivity index (χ0n) is 12.5. The summed E-state index contributed by atoms with van der Waals surface area (Å²) in [5.41, 5.74) is 0.782. The number of likely N-dealkylation sites (N-methyl/N-ethyl adjacent to an activating group) is 1. The minimum absolute atomic E-state index is 0.0407. The first kappa shape index (κ1) is 16.1. The van der Waals surface area contributed by atoms with Crippen LogP contribution in [0.5, 0.6) is 0 Å². The predicted molar refractivity (Wildman–Crippen MR) is 75.5 cm³/mol. The fourth-order valence-electron chi connectivity index (χ4n) is 2.24. The van der Waals surface area contributed by atoms with Crippen LogP contribution in [0.25, 0.3) is 0 Å². The first-order valence-corrected chi connectivity index (χ1v) is 6.85. The van der Waals surface area contributed by atoms with E-state index in [1.807, 2.05) is 13.8 Å². The van der Waals surface area contributed by atoms with Crippen molar-refractivity contribution < 1.29 is 9.13 Å². The van der Waals surface area contributed by atoms with Crippen LogP contribution >= 0.6 is 0 Å². The molecule has 1 aromatic heterocycles. The Hall–Kier alpha value is -1.00. The molecule has 0 amide bonds. The fourth-order valence-corrected chi connectivity index (χ4v) is 2.24. The van der Waals surface area contributed by atoms with Gasteiger partial charge in [-0.05, 0) is 30.5 Å². The van der Waals surface area contributed by atoms with E-state index < -0.39 is 0 Å². The largest absolute Gasteiger partial charge is 0.376 e. The molecule has 1 heterocycles. The van der Waals surface area contributed by atoms with E-state index in [-0.39, 0.29) is 23.4 Å². The lowest BCUT2D eigenvalue weighted by atomic mass is 9.82. The maximum Gasteiger partial charge on any atom is 0.141 e. The van der Waals surface area contributed by atoms with Crippen molar-refractivity contribution >= 4 is 0 Å². The van der Waals surface area contributed by atoms with Crippen molar-refractivity contribution in [3.63, 3.8) is 0 Å². The molecule has 0 aliphatic heterocycles. The molecule has 2 atom stereocenters. The molecular formula is C15H25FN2O. The molecule has 0 bridgehead atoms. The van der Waals surface area contributed by atoms with Crippen molar-refractivity contribution in [3.8, 4) is 0 Å². The number of ether oxygens (including phenoxy) is 1. The van der Waals surface area contributed by atoms with E-state index in [9.17, 15) is 4.39 Å². The van der Waals surface area contributed by atoms with Gasteiger partial charge in [0, 0.05) is 12.8 Å². The third kappa shape index (κ3) is 4.55. The average molecular weight is 268 g/mol. The van der Waals surface area contributed by atoms with Gasteiger partial charge >= 0.3 is 0 Å². The summed E-state index contributed by atoms with van der Waals surface area (Å²) in [5, 5.41) is 3.39. The van der Waals surface area contributed by atoms with Crippen LogP contribution < -0.4 is 5.32 Å². The van der Waals surface area contributed by atoms with E-state index in [0.29, 0.717) is 6.61 Å². The van der Waals surface area contributed by atoms with Gasteiger partial charge in [-0.2, -0.15) is 0 Å². The van der Waals surface area contributed by atoms with Gasteiger partial charge in [0.1, 0.15) is 5.82 Å². The molecule has 0 saturated heterocycles. The minimum Gasteiger partial charge on any atom is -0.376 e. The van der Waals surface area contributed by atoms with Crippen LogP contribution in [0.15, 0.2) is 18.5 Å². The fraction of sp³-hybridized carbons (Fsp3) is 0.667. The van der Waals surface area contributed by atoms with E-state index in [1.165, 1.54) is 12.3 Å². The summed E-state index contributed by atoms with van der Waals surface area (Å²) >= 11 is 0. The van der Waals surface area contributed by atoms with Crippen LogP contribution in [0.1, 0.15) is 46.2 Å². The molecule has 3 nitrogen and oxygen atoms in total. The van der Waals surface area contributed by atoms with Crippen LogP contribution in [0.2, 0.25) is 0 Å². The highest BCUT2D eigenvalue weighted by Crippen LogP contribution is 2.32. The Morgan fingerprint density at radius 3 is 2.47 bits per heavy atom. The quantitative estimate of drug-likeness (QED) is 0.859. The summed E-state index contributed by atoms with van der Waals surface area (Å²) in [4.78, 5) is 3.94. The Morgan fingerprint density at radius 2 is 2.00 bits per heavy atom. The Balaban J connectivity index is 3.09. The van der Waals surface area contributed by atoms with Crippen molar-refractivity contribution in [1.82, 2.24) is 10.3 Å². The van der Waals surface area contributed by atoms with Crippen LogP contribution in [0.4, 0.5) is 4.39 Å². The van der Waals surface area contributed by atoms with Crippen molar-refractivity contribution in [2.45, 2.75) is 46.8 Å². The summed E-state index contributed by atoms with van der Waals surface area (Å²) in [6, 6.07) is 1.46. The number of nitrogens with zero attached hydrogens (tertiary/aromatic N) is 1. The molecule has 0 aliphatic carbocycles. The maximum atomic E-state index is 13.4. The molecule has 0 fully saturated rings. The SMILES string of the molecule is CCNC(c1cncc(F)c1)C(OCC)C(C)(C)C. The number of hydrogen-bond donors (Lipinski definition) is 1. The molecule has 0 spiro atoms. The van der Waals surface area contributed by atoms with E-state index in [2.05, 4.69) is 31.1 Å². The summed E-state index contributed by atoms with van der Waals surface area (Å²) < 4.78 is 19.3. The molecule has 0 saturated carbocycles. The molecule has 1 rings (SSSR count). The molecule has 1 aromatic rings. The predicted octanol–water partition coefficient (Wildman–Crippen LogP) is 3.32. The number of nitrogens with one attached hydrogen (secondary N) is 1. The Bertz CT molecular complexity index is 390. The number of hydrogen-bond acceptors (Lipinski definition) is 3. The van der Waals surface area contributed by atoms with E-state index in [0.717, 1.165) is 12.1 Å². The van der Waals surface area contributed by atoms with Gasteiger partial charge in [-0.25, -0.2) is 4.39 Å². The van der Waals surface area contributed by atoms with Gasteiger partial charge in [0.05, 0.1) is 18.3 Å². The Kier molecular flexibility index (Phi) is 5.88. The molecule has 0 aromatic carbocycles. The second-order valence-corrected chi connectivity index (χ2v) is 5.71. The average Bonchev–Trinajstić information content (AvgIpc) is 2.32. The van der Waals surface area contributed by atoms with Crippen LogP contribution in [-0.4, -0.2) is 24.2 Å². The van der Waals surface area contributed by atoms with Gasteiger partial charge < -0.3 is 10.1 Å². The van der Waals surface area contributed by atoms with Gasteiger partial charge in [0.25, 0.3) is 0 Å². The van der Waals surface area contributed by atoms with Crippen molar-refractivity contribution in [2.24, 2.45) is 5.41 Å². The summed E-state index contributed by atoms with van der Waals surface area (Å²) in [7, 11) is 0. The highest BCUT2D eigenvalue weighted by atomic mass is 19.1. The highest BCUT2D eigenvalue weighted by molar-refractivity contribution is 5.17. The monoisotopic (exact) mass is 268 g/mol. The third-order valence-corrected chi connectivity index (χ3v) is 3.01. The zero-order chi connectivity index (χ0) is 14.5. The van der Waals surface area contributed by atoms with E-state index >= 15 is 0 Å². The van der Waals surface area contributed by atoms with Gasteiger partial charge in [0.15, 0.2) is 0 Å².